The first-order valence-electron chi connectivity index (χ1n) is 9.38. The van der Waals surface area contributed by atoms with E-state index in [0.717, 1.165) is 49.0 Å². The van der Waals surface area contributed by atoms with Crippen LogP contribution in [0.1, 0.15) is 24.1 Å². The lowest BCUT2D eigenvalue weighted by molar-refractivity contribution is 0.0136. The zero-order chi connectivity index (χ0) is 18.5. The predicted octanol–water partition coefficient (Wildman–Crippen LogP) is 3.15. The summed E-state index contributed by atoms with van der Waals surface area (Å²) in [6, 6.07) is 14.0. The fraction of sp³-hybridized carbons (Fsp3) is 0.333. The van der Waals surface area contributed by atoms with Crippen LogP contribution in [0.2, 0.25) is 0 Å². The standard InChI is InChI=1S/C21H22N2O3S/c24-27(25,15-5-2-1-3-6-15)16-7-8-17-18-9-11-22-21(10-4-12-26-14-21)20(18)23-19(17)13-16/h1-3,5-8,13,22-23H,4,9-12,14H2. The van der Waals surface area contributed by atoms with Crippen LogP contribution in [0.25, 0.3) is 10.9 Å². The van der Waals surface area contributed by atoms with Crippen molar-refractivity contribution in [3.8, 4) is 0 Å². The molecule has 6 heteroatoms. The lowest BCUT2D eigenvalue weighted by Gasteiger charge is -2.41. The van der Waals surface area contributed by atoms with Crippen molar-refractivity contribution < 1.29 is 13.2 Å². The van der Waals surface area contributed by atoms with Crippen molar-refractivity contribution in [3.05, 3.63) is 59.8 Å². The van der Waals surface area contributed by atoms with Crippen LogP contribution in [-0.4, -0.2) is 33.2 Å². The van der Waals surface area contributed by atoms with Gasteiger partial charge in [0.2, 0.25) is 9.84 Å². The molecule has 0 aliphatic carbocycles. The number of H-pyrrole nitrogens is 1. The van der Waals surface area contributed by atoms with E-state index in [1.807, 2.05) is 12.1 Å². The van der Waals surface area contributed by atoms with E-state index >= 15 is 0 Å². The summed E-state index contributed by atoms with van der Waals surface area (Å²) in [4.78, 5) is 4.17. The average molecular weight is 382 g/mol. The van der Waals surface area contributed by atoms with Crippen molar-refractivity contribution >= 4 is 20.7 Å². The third-order valence-corrected chi connectivity index (χ3v) is 7.57. The number of benzene rings is 2. The Hall–Kier alpha value is -2.15. The lowest BCUT2D eigenvalue weighted by atomic mass is 9.83. The number of rotatable bonds is 2. The molecule has 2 aromatic carbocycles. The van der Waals surface area contributed by atoms with Crippen molar-refractivity contribution in [2.24, 2.45) is 0 Å². The van der Waals surface area contributed by atoms with E-state index in [2.05, 4.69) is 10.3 Å². The number of aromatic nitrogens is 1. The van der Waals surface area contributed by atoms with E-state index in [1.54, 1.807) is 36.4 Å². The average Bonchev–Trinajstić information content (AvgIpc) is 3.09. The first kappa shape index (κ1) is 17.0. The van der Waals surface area contributed by atoms with Gasteiger partial charge < -0.3 is 15.0 Å². The number of ether oxygens (including phenoxy) is 1. The Morgan fingerprint density at radius 3 is 2.67 bits per heavy atom. The number of aromatic amines is 1. The normalized spacial score (nSPS) is 22.8. The van der Waals surface area contributed by atoms with E-state index < -0.39 is 9.84 Å². The second kappa shape index (κ2) is 6.19. The van der Waals surface area contributed by atoms with Gasteiger partial charge in [0.25, 0.3) is 0 Å². The van der Waals surface area contributed by atoms with Crippen molar-refractivity contribution in [1.82, 2.24) is 10.3 Å². The van der Waals surface area contributed by atoms with Crippen LogP contribution in [0, 0.1) is 0 Å². The number of fused-ring (bicyclic) bond motifs is 4. The number of sulfone groups is 1. The number of hydrogen-bond donors (Lipinski definition) is 2. The fourth-order valence-electron chi connectivity index (χ4n) is 4.45. The van der Waals surface area contributed by atoms with Crippen LogP contribution in [0.4, 0.5) is 0 Å². The van der Waals surface area contributed by atoms with Crippen molar-refractivity contribution in [2.45, 2.75) is 34.6 Å². The molecule has 1 aromatic heterocycles. The predicted molar refractivity (Wildman–Crippen MR) is 104 cm³/mol. The molecule has 0 amide bonds. The summed E-state index contributed by atoms with van der Waals surface area (Å²) in [6.45, 7) is 2.37. The van der Waals surface area contributed by atoms with Crippen LogP contribution in [0.3, 0.4) is 0 Å². The molecule has 3 heterocycles. The van der Waals surface area contributed by atoms with Gasteiger partial charge in [0.05, 0.1) is 21.9 Å². The maximum absolute atomic E-state index is 13.0. The quantitative estimate of drug-likeness (QED) is 0.714. The van der Waals surface area contributed by atoms with Crippen LogP contribution >= 0.6 is 0 Å². The molecule has 140 valence electrons. The Balaban J connectivity index is 1.64. The maximum atomic E-state index is 13.0. The van der Waals surface area contributed by atoms with Gasteiger partial charge >= 0.3 is 0 Å². The molecule has 5 nitrogen and oxygen atoms in total. The van der Waals surface area contributed by atoms with Crippen molar-refractivity contribution in [3.63, 3.8) is 0 Å². The number of hydrogen-bond acceptors (Lipinski definition) is 4. The molecule has 27 heavy (non-hydrogen) atoms. The maximum Gasteiger partial charge on any atom is 0.206 e. The molecule has 5 rings (SSSR count). The molecule has 2 N–H and O–H groups in total. The van der Waals surface area contributed by atoms with Crippen LogP contribution in [-0.2, 0) is 26.5 Å². The minimum Gasteiger partial charge on any atom is -0.379 e. The van der Waals surface area contributed by atoms with Crippen molar-refractivity contribution in [1.29, 1.82) is 0 Å². The molecule has 1 saturated heterocycles. The smallest absolute Gasteiger partial charge is 0.206 e. The molecule has 3 aromatic rings. The summed E-state index contributed by atoms with van der Waals surface area (Å²) in [7, 11) is -3.53. The second-order valence-corrected chi connectivity index (χ2v) is 9.37. The van der Waals surface area contributed by atoms with Crippen LogP contribution in [0.5, 0.6) is 0 Å². The summed E-state index contributed by atoms with van der Waals surface area (Å²) in [5.41, 5.74) is 3.16. The molecule has 1 fully saturated rings. The Morgan fingerprint density at radius 1 is 1.04 bits per heavy atom. The van der Waals surface area contributed by atoms with E-state index in [0.29, 0.717) is 16.4 Å². The van der Waals surface area contributed by atoms with Crippen LogP contribution < -0.4 is 5.32 Å². The summed E-state index contributed by atoms with van der Waals surface area (Å²) in [5.74, 6) is 0. The van der Waals surface area contributed by atoms with Gasteiger partial charge in [0.1, 0.15) is 0 Å². The third-order valence-electron chi connectivity index (χ3n) is 5.80. The fourth-order valence-corrected chi connectivity index (χ4v) is 5.76. The van der Waals surface area contributed by atoms with Gasteiger partial charge in [-0.2, -0.15) is 0 Å². The largest absolute Gasteiger partial charge is 0.379 e. The van der Waals surface area contributed by atoms with Gasteiger partial charge in [-0.1, -0.05) is 24.3 Å². The Kier molecular flexibility index (Phi) is 3.89. The first-order valence-corrected chi connectivity index (χ1v) is 10.9. The molecule has 1 spiro atoms. The Bertz CT molecular complexity index is 1100. The highest BCUT2D eigenvalue weighted by molar-refractivity contribution is 7.91. The zero-order valence-corrected chi connectivity index (χ0v) is 15.8. The van der Waals surface area contributed by atoms with E-state index in [4.69, 9.17) is 4.74 Å². The molecule has 2 aliphatic heterocycles. The molecule has 1 atom stereocenters. The highest BCUT2D eigenvalue weighted by atomic mass is 32.2. The van der Waals surface area contributed by atoms with Gasteiger partial charge in [-0.15, -0.1) is 0 Å². The van der Waals surface area contributed by atoms with Crippen LogP contribution in [0.15, 0.2) is 58.3 Å². The molecular formula is C21H22N2O3S. The van der Waals surface area contributed by atoms with Gasteiger partial charge in [-0.05, 0) is 49.1 Å². The summed E-state index contributed by atoms with van der Waals surface area (Å²) in [5, 5.41) is 4.76. The number of nitrogens with one attached hydrogen (secondary N) is 2. The molecule has 1 unspecified atom stereocenters. The Labute approximate surface area is 158 Å². The minimum absolute atomic E-state index is 0.177. The summed E-state index contributed by atoms with van der Waals surface area (Å²) < 4.78 is 31.7. The van der Waals surface area contributed by atoms with Crippen molar-refractivity contribution in [2.75, 3.05) is 19.8 Å². The molecule has 0 radical (unpaired) electrons. The van der Waals surface area contributed by atoms with E-state index in [1.165, 1.54) is 5.56 Å². The van der Waals surface area contributed by atoms with Gasteiger partial charge in [-0.3, -0.25) is 0 Å². The zero-order valence-electron chi connectivity index (χ0n) is 15.0. The topological polar surface area (TPSA) is 71.2 Å². The molecule has 2 aliphatic rings. The monoisotopic (exact) mass is 382 g/mol. The second-order valence-electron chi connectivity index (χ2n) is 7.42. The molecule has 0 bridgehead atoms. The SMILES string of the molecule is O=S(=O)(c1ccccc1)c1ccc2c3c([nH]c2c1)C1(CCCOC1)NCC3. The van der Waals surface area contributed by atoms with Gasteiger partial charge in [-0.25, -0.2) is 8.42 Å². The highest BCUT2D eigenvalue weighted by Gasteiger charge is 2.40. The molecule has 0 saturated carbocycles. The lowest BCUT2D eigenvalue weighted by Crippen LogP contribution is -2.52. The first-order chi connectivity index (χ1) is 13.1. The van der Waals surface area contributed by atoms with E-state index in [-0.39, 0.29) is 5.54 Å². The minimum atomic E-state index is -3.53. The molecular weight excluding hydrogens is 360 g/mol. The Morgan fingerprint density at radius 2 is 1.89 bits per heavy atom. The van der Waals surface area contributed by atoms with Gasteiger partial charge in [0.15, 0.2) is 0 Å². The summed E-state index contributed by atoms with van der Waals surface area (Å²) in [6.07, 6.45) is 2.99. The van der Waals surface area contributed by atoms with E-state index in [9.17, 15) is 8.42 Å². The highest BCUT2D eigenvalue weighted by Crippen LogP contribution is 2.39. The van der Waals surface area contributed by atoms with Gasteiger partial charge in [0, 0.05) is 29.7 Å². The third kappa shape index (κ3) is 2.63. The summed E-state index contributed by atoms with van der Waals surface area (Å²) >= 11 is 0.